The fraction of sp³-hybridized carbons (Fsp3) is 0.846. The van der Waals surface area contributed by atoms with Crippen LogP contribution in [0, 0.1) is 10.8 Å². The molecule has 1 saturated heterocycles. The molecule has 0 atom stereocenters. The zero-order valence-electron chi connectivity index (χ0n) is 11.9. The molecule has 5 nitrogen and oxygen atoms in total. The van der Waals surface area contributed by atoms with Crippen molar-refractivity contribution in [3.8, 4) is 0 Å². The van der Waals surface area contributed by atoms with Gasteiger partial charge in [0, 0.05) is 13.1 Å². The summed E-state index contributed by atoms with van der Waals surface area (Å²) in [5.74, 6) is -0.0912. The molecule has 0 radical (unpaired) electrons. The number of rotatable bonds is 2. The second kappa shape index (κ2) is 5.16. The van der Waals surface area contributed by atoms with E-state index in [-0.39, 0.29) is 17.2 Å². The molecule has 0 aliphatic carbocycles. The van der Waals surface area contributed by atoms with E-state index in [2.05, 4.69) is 19.0 Å². The van der Waals surface area contributed by atoms with Gasteiger partial charge in [-0.15, -0.1) is 0 Å². The third-order valence-corrected chi connectivity index (χ3v) is 3.91. The Hall–Kier alpha value is -1.26. The molecule has 1 heterocycles. The van der Waals surface area contributed by atoms with E-state index in [0.29, 0.717) is 0 Å². The lowest BCUT2D eigenvalue weighted by atomic mass is 9.85. The van der Waals surface area contributed by atoms with Crippen LogP contribution in [0.15, 0.2) is 5.16 Å². The summed E-state index contributed by atoms with van der Waals surface area (Å²) in [5, 5.41) is 11.7. The predicted octanol–water partition coefficient (Wildman–Crippen LogP) is 1.80. The summed E-state index contributed by atoms with van der Waals surface area (Å²) in [6.07, 6.45) is 3.12. The van der Waals surface area contributed by atoms with Crippen molar-refractivity contribution in [1.29, 1.82) is 0 Å². The van der Waals surface area contributed by atoms with Gasteiger partial charge in [0.15, 0.2) is 5.84 Å². The summed E-state index contributed by atoms with van der Waals surface area (Å²) in [4.78, 5) is 14.3. The fourth-order valence-electron chi connectivity index (χ4n) is 2.26. The molecule has 0 spiro atoms. The van der Waals surface area contributed by atoms with Gasteiger partial charge in [-0.25, -0.2) is 0 Å². The summed E-state index contributed by atoms with van der Waals surface area (Å²) < 4.78 is 0. The normalized spacial score (nSPS) is 21.6. The Balaban J connectivity index is 2.79. The SMILES string of the molecule is CC1(C)CCCN(C(=O)C(C)(C)C(N)=NO)CC1. The molecule has 1 aliphatic rings. The van der Waals surface area contributed by atoms with Crippen molar-refractivity contribution < 1.29 is 10.0 Å². The van der Waals surface area contributed by atoms with Gasteiger partial charge in [-0.3, -0.25) is 4.79 Å². The number of carbonyl (C=O) groups is 1. The van der Waals surface area contributed by atoms with Gasteiger partial charge in [-0.2, -0.15) is 0 Å². The third kappa shape index (κ3) is 3.15. The van der Waals surface area contributed by atoms with Gasteiger partial charge in [0.25, 0.3) is 0 Å². The number of nitrogens with two attached hydrogens (primary N) is 1. The third-order valence-electron chi connectivity index (χ3n) is 3.91. The molecule has 5 heteroatoms. The molecule has 0 unspecified atom stereocenters. The number of amides is 1. The number of hydrogen-bond donors (Lipinski definition) is 2. The van der Waals surface area contributed by atoms with Crippen LogP contribution in [0.25, 0.3) is 0 Å². The molecular formula is C13H25N3O2. The Morgan fingerprint density at radius 3 is 2.50 bits per heavy atom. The van der Waals surface area contributed by atoms with Gasteiger partial charge in [0.2, 0.25) is 5.91 Å². The van der Waals surface area contributed by atoms with E-state index in [1.165, 1.54) is 0 Å². The zero-order valence-corrected chi connectivity index (χ0v) is 11.9. The quantitative estimate of drug-likeness (QED) is 0.342. The minimum atomic E-state index is -0.941. The average molecular weight is 255 g/mol. The number of oxime groups is 1. The van der Waals surface area contributed by atoms with Crippen LogP contribution in [0.2, 0.25) is 0 Å². The van der Waals surface area contributed by atoms with Crippen LogP contribution in [-0.4, -0.2) is 34.9 Å². The standard InChI is InChI=1S/C13H25N3O2/c1-12(2)6-5-8-16(9-7-12)11(17)13(3,4)10(14)15-18/h18H,5-9H2,1-4H3,(H2,14,15). The van der Waals surface area contributed by atoms with Crippen LogP contribution < -0.4 is 5.73 Å². The lowest BCUT2D eigenvalue weighted by molar-refractivity contribution is -0.137. The van der Waals surface area contributed by atoms with Gasteiger partial charge < -0.3 is 15.8 Å². The first-order valence-corrected chi connectivity index (χ1v) is 6.48. The topological polar surface area (TPSA) is 78.9 Å². The number of hydrogen-bond acceptors (Lipinski definition) is 3. The van der Waals surface area contributed by atoms with E-state index in [4.69, 9.17) is 10.9 Å². The number of carbonyl (C=O) groups excluding carboxylic acids is 1. The van der Waals surface area contributed by atoms with Crippen LogP contribution in [0.5, 0.6) is 0 Å². The monoisotopic (exact) mass is 255 g/mol. The molecule has 18 heavy (non-hydrogen) atoms. The van der Waals surface area contributed by atoms with E-state index in [1.807, 2.05) is 4.90 Å². The molecule has 0 saturated carbocycles. The van der Waals surface area contributed by atoms with Gasteiger partial charge in [-0.05, 0) is 38.5 Å². The van der Waals surface area contributed by atoms with Crippen LogP contribution in [0.4, 0.5) is 0 Å². The van der Waals surface area contributed by atoms with E-state index in [9.17, 15) is 4.79 Å². The van der Waals surface area contributed by atoms with Crippen molar-refractivity contribution in [1.82, 2.24) is 4.90 Å². The first-order valence-electron chi connectivity index (χ1n) is 6.48. The highest BCUT2D eigenvalue weighted by Gasteiger charge is 2.37. The van der Waals surface area contributed by atoms with Crippen molar-refractivity contribution in [2.45, 2.75) is 47.0 Å². The zero-order chi connectivity index (χ0) is 14.0. The highest BCUT2D eigenvalue weighted by molar-refractivity contribution is 6.05. The molecule has 3 N–H and O–H groups in total. The van der Waals surface area contributed by atoms with Gasteiger partial charge >= 0.3 is 0 Å². The maximum Gasteiger partial charge on any atom is 0.235 e. The molecule has 1 aliphatic heterocycles. The highest BCUT2D eigenvalue weighted by atomic mass is 16.4. The second-order valence-electron chi connectivity index (χ2n) is 6.42. The molecule has 0 aromatic rings. The summed E-state index contributed by atoms with van der Waals surface area (Å²) >= 11 is 0. The molecule has 0 bridgehead atoms. The Morgan fingerprint density at radius 1 is 1.33 bits per heavy atom. The van der Waals surface area contributed by atoms with E-state index >= 15 is 0 Å². The van der Waals surface area contributed by atoms with Crippen molar-refractivity contribution in [3.63, 3.8) is 0 Å². The van der Waals surface area contributed by atoms with Gasteiger partial charge in [0.1, 0.15) is 5.41 Å². The smallest absolute Gasteiger partial charge is 0.235 e. The second-order valence-corrected chi connectivity index (χ2v) is 6.42. The Labute approximate surface area is 109 Å². The van der Waals surface area contributed by atoms with Gasteiger partial charge in [-0.1, -0.05) is 19.0 Å². The number of amidine groups is 1. The Bertz CT molecular complexity index is 348. The summed E-state index contributed by atoms with van der Waals surface area (Å²) in [6.45, 7) is 9.35. The summed E-state index contributed by atoms with van der Waals surface area (Å²) in [6, 6.07) is 0. The van der Waals surface area contributed by atoms with Crippen LogP contribution >= 0.6 is 0 Å². The van der Waals surface area contributed by atoms with Crippen LogP contribution in [0.1, 0.15) is 47.0 Å². The molecular weight excluding hydrogens is 230 g/mol. The van der Waals surface area contributed by atoms with Crippen molar-refractivity contribution in [2.75, 3.05) is 13.1 Å². The van der Waals surface area contributed by atoms with Crippen molar-refractivity contribution >= 4 is 11.7 Å². The number of likely N-dealkylation sites (tertiary alicyclic amines) is 1. The van der Waals surface area contributed by atoms with Crippen LogP contribution in [0.3, 0.4) is 0 Å². The molecule has 0 aromatic carbocycles. The highest BCUT2D eigenvalue weighted by Crippen LogP contribution is 2.31. The van der Waals surface area contributed by atoms with E-state index < -0.39 is 5.41 Å². The first-order chi connectivity index (χ1) is 8.20. The van der Waals surface area contributed by atoms with Crippen molar-refractivity contribution in [3.05, 3.63) is 0 Å². The summed E-state index contributed by atoms with van der Waals surface area (Å²) in [7, 11) is 0. The van der Waals surface area contributed by atoms with Crippen molar-refractivity contribution in [2.24, 2.45) is 21.7 Å². The Kier molecular flexibility index (Phi) is 4.24. The first kappa shape index (κ1) is 14.8. The molecule has 1 rings (SSSR count). The molecule has 1 fully saturated rings. The lowest BCUT2D eigenvalue weighted by Gasteiger charge is -2.30. The minimum Gasteiger partial charge on any atom is -0.409 e. The molecule has 0 aromatic heterocycles. The summed E-state index contributed by atoms with van der Waals surface area (Å²) in [5.41, 5.74) is 4.95. The minimum absolute atomic E-state index is 0.0315. The number of nitrogens with zero attached hydrogens (tertiary/aromatic N) is 2. The van der Waals surface area contributed by atoms with Crippen LogP contribution in [-0.2, 0) is 4.79 Å². The lowest BCUT2D eigenvalue weighted by Crippen LogP contribution is -2.48. The molecule has 1 amide bonds. The van der Waals surface area contributed by atoms with E-state index in [1.54, 1.807) is 13.8 Å². The maximum absolute atomic E-state index is 12.4. The Morgan fingerprint density at radius 2 is 1.94 bits per heavy atom. The van der Waals surface area contributed by atoms with E-state index in [0.717, 1.165) is 32.4 Å². The maximum atomic E-state index is 12.4. The average Bonchev–Trinajstić information content (AvgIpc) is 2.48. The van der Waals surface area contributed by atoms with Gasteiger partial charge in [0.05, 0.1) is 0 Å². The predicted molar refractivity (Wildman–Crippen MR) is 71.4 cm³/mol. The molecule has 104 valence electrons. The largest absolute Gasteiger partial charge is 0.409 e. The fourth-order valence-corrected chi connectivity index (χ4v) is 2.26.